The van der Waals surface area contributed by atoms with E-state index in [4.69, 9.17) is 15.1 Å². The second kappa shape index (κ2) is 11.6. The largest absolute Gasteiger partial charge is 0.394 e. The minimum Gasteiger partial charge on any atom is -0.394 e. The molecule has 0 aliphatic carbocycles. The van der Waals surface area contributed by atoms with E-state index in [1.165, 1.54) is 0 Å². The highest BCUT2D eigenvalue weighted by atomic mass is 127. The Labute approximate surface area is 178 Å². The maximum Gasteiger partial charge on any atom is 0.277 e. The molecule has 0 saturated heterocycles. The molecule has 0 heterocycles. The van der Waals surface area contributed by atoms with E-state index in [2.05, 4.69) is 37.9 Å². The molecule has 11 heteroatoms. The van der Waals surface area contributed by atoms with Crippen LogP contribution in [0.2, 0.25) is 0 Å². The quantitative estimate of drug-likeness (QED) is 0.165. The van der Waals surface area contributed by atoms with Crippen molar-refractivity contribution in [2.75, 3.05) is 31.7 Å². The number of halogens is 3. The maximum absolute atomic E-state index is 14.8. The Morgan fingerprint density at radius 3 is 2.48 bits per heavy atom. The van der Waals surface area contributed by atoms with Gasteiger partial charge < -0.3 is 20.4 Å². The van der Waals surface area contributed by atoms with Gasteiger partial charge in [-0.15, -0.1) is 0 Å². The van der Waals surface area contributed by atoms with Crippen LogP contribution in [-0.4, -0.2) is 48.8 Å². The third-order valence-corrected chi connectivity index (χ3v) is 4.12. The number of carbonyl (C=O) groups is 1. The molecule has 0 aliphatic rings. The second-order valence-corrected chi connectivity index (χ2v) is 6.69. The zero-order valence-electron chi connectivity index (χ0n) is 15.0. The monoisotopic (exact) mass is 521 g/mol. The number of hydrogen-bond acceptors (Lipinski definition) is 7. The maximum atomic E-state index is 14.8. The van der Waals surface area contributed by atoms with E-state index in [9.17, 15) is 13.6 Å². The van der Waals surface area contributed by atoms with E-state index in [1.54, 1.807) is 24.3 Å². The van der Waals surface area contributed by atoms with Crippen molar-refractivity contribution >= 4 is 46.1 Å². The summed E-state index contributed by atoms with van der Waals surface area (Å²) in [7, 11) is 0. The molecule has 0 unspecified atom stereocenters. The van der Waals surface area contributed by atoms with Crippen LogP contribution in [0.25, 0.3) is 0 Å². The SMILES string of the molecule is O=C(NOCCO)c1cc(C=NOCCO)c(F)c(F)c1Nc1ccc(I)cc1. The van der Waals surface area contributed by atoms with Crippen molar-refractivity contribution in [2.45, 2.75) is 0 Å². The number of hydrogen-bond donors (Lipinski definition) is 4. The molecule has 0 saturated carbocycles. The molecule has 0 bridgehead atoms. The Morgan fingerprint density at radius 1 is 1.14 bits per heavy atom. The summed E-state index contributed by atoms with van der Waals surface area (Å²) in [5, 5.41) is 23.5. The number of nitrogens with one attached hydrogen (secondary N) is 2. The lowest BCUT2D eigenvalue weighted by Gasteiger charge is -2.15. The van der Waals surface area contributed by atoms with Crippen LogP contribution >= 0.6 is 22.6 Å². The smallest absolute Gasteiger partial charge is 0.277 e. The van der Waals surface area contributed by atoms with Crippen molar-refractivity contribution in [3.8, 4) is 0 Å². The topological polar surface area (TPSA) is 112 Å². The van der Waals surface area contributed by atoms with Gasteiger partial charge in [0.15, 0.2) is 11.6 Å². The first kappa shape index (κ1) is 22.9. The van der Waals surface area contributed by atoms with Crippen molar-refractivity contribution in [3.63, 3.8) is 0 Å². The van der Waals surface area contributed by atoms with Gasteiger partial charge >= 0.3 is 0 Å². The van der Waals surface area contributed by atoms with Gasteiger partial charge in [0.1, 0.15) is 6.61 Å². The van der Waals surface area contributed by atoms with Crippen molar-refractivity contribution < 1.29 is 33.5 Å². The number of benzene rings is 2. The molecule has 2 rings (SSSR count). The van der Waals surface area contributed by atoms with Crippen LogP contribution in [0.4, 0.5) is 20.2 Å². The fourth-order valence-electron chi connectivity index (χ4n) is 2.12. The first-order valence-electron chi connectivity index (χ1n) is 8.31. The van der Waals surface area contributed by atoms with Gasteiger partial charge in [-0.05, 0) is 52.9 Å². The molecule has 156 valence electrons. The standard InChI is InChI=1S/C18H18F2IN3O5/c19-15-11(10-22-28-7-5-25)9-14(18(27)24-29-8-6-26)17(16(15)20)23-13-3-1-12(21)2-4-13/h1-4,9-10,23,25-26H,5-8H2,(H,24,27). The van der Waals surface area contributed by atoms with Crippen molar-refractivity contribution in [1.29, 1.82) is 0 Å². The number of rotatable bonds is 10. The van der Waals surface area contributed by atoms with E-state index < -0.39 is 23.2 Å². The zero-order chi connectivity index (χ0) is 21.2. The predicted octanol–water partition coefficient (Wildman–Crippen LogP) is 2.31. The predicted molar refractivity (Wildman–Crippen MR) is 110 cm³/mol. The fourth-order valence-corrected chi connectivity index (χ4v) is 2.48. The summed E-state index contributed by atoms with van der Waals surface area (Å²) in [5.41, 5.74) is 1.47. The molecule has 0 aliphatic heterocycles. The summed E-state index contributed by atoms with van der Waals surface area (Å²) in [5.74, 6) is -3.42. The molecule has 0 atom stereocenters. The van der Waals surface area contributed by atoms with Crippen molar-refractivity contribution in [2.24, 2.45) is 5.16 Å². The molecule has 0 fully saturated rings. The first-order chi connectivity index (χ1) is 14.0. The number of nitrogens with zero attached hydrogens (tertiary/aromatic N) is 1. The third-order valence-electron chi connectivity index (χ3n) is 3.40. The summed E-state index contributed by atoms with van der Waals surface area (Å²) in [6.07, 6.45) is 0.883. The Morgan fingerprint density at radius 2 is 1.83 bits per heavy atom. The normalized spacial score (nSPS) is 10.9. The molecule has 0 spiro atoms. The lowest BCUT2D eigenvalue weighted by atomic mass is 10.1. The molecule has 4 N–H and O–H groups in total. The Balaban J connectivity index is 2.42. The van der Waals surface area contributed by atoms with Gasteiger partial charge in [0, 0.05) is 14.8 Å². The molecule has 2 aromatic rings. The summed E-state index contributed by atoms with van der Waals surface area (Å²) in [6, 6.07) is 7.85. The van der Waals surface area contributed by atoms with Crippen molar-refractivity contribution in [3.05, 3.63) is 56.7 Å². The molecule has 0 aromatic heterocycles. The number of amides is 1. The highest BCUT2D eigenvalue weighted by Gasteiger charge is 2.22. The molecule has 2 aromatic carbocycles. The Hall–Kier alpha value is -2.35. The lowest BCUT2D eigenvalue weighted by molar-refractivity contribution is 0.0168. The van der Waals surface area contributed by atoms with Crippen LogP contribution in [0.1, 0.15) is 15.9 Å². The minimum absolute atomic E-state index is 0.130. The second-order valence-electron chi connectivity index (χ2n) is 5.44. The van der Waals surface area contributed by atoms with Gasteiger partial charge in [0.05, 0.1) is 37.3 Å². The first-order valence-corrected chi connectivity index (χ1v) is 9.39. The van der Waals surface area contributed by atoms with Crippen LogP contribution in [0.5, 0.6) is 0 Å². The zero-order valence-corrected chi connectivity index (χ0v) is 17.2. The average molecular weight is 521 g/mol. The Kier molecular flexibility index (Phi) is 9.18. The minimum atomic E-state index is -1.30. The number of anilines is 2. The van der Waals surface area contributed by atoms with Crippen LogP contribution in [-0.2, 0) is 9.68 Å². The third kappa shape index (κ3) is 6.59. The van der Waals surface area contributed by atoms with Gasteiger partial charge in [-0.3, -0.25) is 9.63 Å². The summed E-state index contributed by atoms with van der Waals surface area (Å²) < 4.78 is 30.2. The summed E-state index contributed by atoms with van der Waals surface area (Å²) in [6.45, 7) is -0.956. The number of hydroxylamine groups is 1. The van der Waals surface area contributed by atoms with Crippen LogP contribution in [0.3, 0.4) is 0 Å². The summed E-state index contributed by atoms with van der Waals surface area (Å²) in [4.78, 5) is 21.8. The van der Waals surface area contributed by atoms with Gasteiger partial charge in [-0.2, -0.15) is 0 Å². The molecule has 29 heavy (non-hydrogen) atoms. The molecule has 0 radical (unpaired) electrons. The number of aliphatic hydroxyl groups excluding tert-OH is 2. The molecule has 1 amide bonds. The summed E-state index contributed by atoms with van der Waals surface area (Å²) >= 11 is 2.09. The van der Waals surface area contributed by atoms with E-state index in [0.717, 1.165) is 15.9 Å². The van der Waals surface area contributed by atoms with Gasteiger partial charge in [-0.25, -0.2) is 14.3 Å². The van der Waals surface area contributed by atoms with E-state index in [1.807, 2.05) is 5.48 Å². The number of carbonyl (C=O) groups excluding carboxylic acids is 1. The number of aliphatic hydroxyl groups is 2. The van der Waals surface area contributed by atoms with Gasteiger partial charge in [0.25, 0.3) is 5.91 Å². The highest BCUT2D eigenvalue weighted by Crippen LogP contribution is 2.29. The van der Waals surface area contributed by atoms with Gasteiger partial charge in [0.2, 0.25) is 0 Å². The average Bonchev–Trinajstić information content (AvgIpc) is 2.71. The fraction of sp³-hybridized carbons (Fsp3) is 0.222. The van der Waals surface area contributed by atoms with E-state index in [0.29, 0.717) is 5.69 Å². The molecular weight excluding hydrogens is 503 g/mol. The van der Waals surface area contributed by atoms with Crippen LogP contribution < -0.4 is 10.8 Å². The number of oxime groups is 1. The van der Waals surface area contributed by atoms with E-state index >= 15 is 0 Å². The highest BCUT2D eigenvalue weighted by molar-refractivity contribution is 14.1. The van der Waals surface area contributed by atoms with Crippen LogP contribution in [0.15, 0.2) is 35.5 Å². The lowest BCUT2D eigenvalue weighted by Crippen LogP contribution is -2.26. The van der Waals surface area contributed by atoms with Crippen molar-refractivity contribution in [1.82, 2.24) is 5.48 Å². The molecular formula is C18H18F2IN3O5. The Bertz CT molecular complexity index is 866. The van der Waals surface area contributed by atoms with E-state index in [-0.39, 0.29) is 37.6 Å². The van der Waals surface area contributed by atoms with Gasteiger partial charge in [-0.1, -0.05) is 5.16 Å². The molecule has 8 nitrogen and oxygen atoms in total. The van der Waals surface area contributed by atoms with Crippen LogP contribution in [0, 0.1) is 15.2 Å².